The standard InChI is InChI=1S/C18H15BrClN3O/c1-11-9-14(20)5-8-17(11)22-18(24)16-10-21-23(12(16)2)15-6-3-13(19)4-7-15/h3-10H,1-2H3,(H,22,24). The van der Waals surface area contributed by atoms with E-state index in [0.29, 0.717) is 10.6 Å². The van der Waals surface area contributed by atoms with Crippen LogP contribution in [0, 0.1) is 13.8 Å². The molecular weight excluding hydrogens is 390 g/mol. The van der Waals surface area contributed by atoms with Gasteiger partial charge in [-0.05, 0) is 61.9 Å². The molecule has 6 heteroatoms. The van der Waals surface area contributed by atoms with Crippen molar-refractivity contribution in [2.24, 2.45) is 0 Å². The lowest BCUT2D eigenvalue weighted by Gasteiger charge is -2.09. The van der Waals surface area contributed by atoms with Gasteiger partial charge in [0.15, 0.2) is 0 Å². The first-order valence-corrected chi connectivity index (χ1v) is 8.51. The maximum absolute atomic E-state index is 12.6. The number of benzene rings is 2. The lowest BCUT2D eigenvalue weighted by Crippen LogP contribution is -2.14. The fourth-order valence-electron chi connectivity index (χ4n) is 2.43. The van der Waals surface area contributed by atoms with Gasteiger partial charge in [0.05, 0.1) is 23.1 Å². The van der Waals surface area contributed by atoms with Crippen molar-refractivity contribution in [3.05, 3.63) is 75.0 Å². The van der Waals surface area contributed by atoms with Crippen molar-refractivity contribution in [3.63, 3.8) is 0 Å². The van der Waals surface area contributed by atoms with Crippen molar-refractivity contribution in [1.82, 2.24) is 9.78 Å². The lowest BCUT2D eigenvalue weighted by molar-refractivity contribution is 0.102. The van der Waals surface area contributed by atoms with E-state index in [4.69, 9.17) is 11.6 Å². The molecule has 0 saturated carbocycles. The molecule has 3 aromatic rings. The third-order valence-corrected chi connectivity index (χ3v) is 4.53. The summed E-state index contributed by atoms with van der Waals surface area (Å²) in [6.07, 6.45) is 1.58. The van der Waals surface area contributed by atoms with Crippen LogP contribution in [0.3, 0.4) is 0 Å². The second-order valence-corrected chi connectivity index (χ2v) is 6.80. The summed E-state index contributed by atoms with van der Waals surface area (Å²) in [5.74, 6) is -0.193. The second kappa shape index (κ2) is 6.79. The van der Waals surface area contributed by atoms with Gasteiger partial charge in [-0.1, -0.05) is 27.5 Å². The van der Waals surface area contributed by atoms with E-state index in [0.717, 1.165) is 27.1 Å². The number of nitrogens with zero attached hydrogens (tertiary/aromatic N) is 2. The zero-order valence-electron chi connectivity index (χ0n) is 13.2. The van der Waals surface area contributed by atoms with Crippen molar-refractivity contribution in [3.8, 4) is 5.69 Å². The van der Waals surface area contributed by atoms with Gasteiger partial charge in [0.2, 0.25) is 0 Å². The third-order valence-electron chi connectivity index (χ3n) is 3.76. The van der Waals surface area contributed by atoms with E-state index in [1.165, 1.54) is 0 Å². The lowest BCUT2D eigenvalue weighted by atomic mass is 10.2. The molecule has 0 radical (unpaired) electrons. The minimum atomic E-state index is -0.193. The van der Waals surface area contributed by atoms with Crippen LogP contribution in [-0.2, 0) is 0 Å². The number of anilines is 1. The normalized spacial score (nSPS) is 10.7. The Morgan fingerprint density at radius 2 is 1.88 bits per heavy atom. The van der Waals surface area contributed by atoms with Gasteiger partial charge in [0, 0.05) is 15.2 Å². The number of aryl methyl sites for hydroxylation is 1. The molecule has 0 unspecified atom stereocenters. The molecule has 2 aromatic carbocycles. The van der Waals surface area contributed by atoms with Gasteiger partial charge < -0.3 is 5.32 Å². The Kier molecular flexibility index (Phi) is 4.73. The highest BCUT2D eigenvalue weighted by Gasteiger charge is 2.16. The van der Waals surface area contributed by atoms with Crippen LogP contribution in [0.2, 0.25) is 5.02 Å². The Hall–Kier alpha value is -2.11. The van der Waals surface area contributed by atoms with Gasteiger partial charge in [-0.25, -0.2) is 4.68 Å². The van der Waals surface area contributed by atoms with Gasteiger partial charge in [-0.2, -0.15) is 5.10 Å². The predicted molar refractivity (Wildman–Crippen MR) is 100 cm³/mol. The van der Waals surface area contributed by atoms with E-state index < -0.39 is 0 Å². The number of rotatable bonds is 3. The molecule has 0 aliphatic heterocycles. The maximum atomic E-state index is 12.6. The Morgan fingerprint density at radius 3 is 2.54 bits per heavy atom. The van der Waals surface area contributed by atoms with E-state index >= 15 is 0 Å². The zero-order chi connectivity index (χ0) is 17.3. The molecule has 1 amide bonds. The summed E-state index contributed by atoms with van der Waals surface area (Å²) in [6.45, 7) is 3.78. The third kappa shape index (κ3) is 3.37. The number of hydrogen-bond acceptors (Lipinski definition) is 2. The molecule has 3 rings (SSSR count). The summed E-state index contributed by atoms with van der Waals surface area (Å²) >= 11 is 9.36. The van der Waals surface area contributed by atoms with Gasteiger partial charge in [-0.3, -0.25) is 4.79 Å². The number of halogens is 2. The van der Waals surface area contributed by atoms with Crippen LogP contribution in [0.25, 0.3) is 5.69 Å². The molecular formula is C18H15BrClN3O. The molecule has 1 N–H and O–H groups in total. The highest BCUT2D eigenvalue weighted by atomic mass is 79.9. The first-order chi connectivity index (χ1) is 11.5. The first-order valence-electron chi connectivity index (χ1n) is 7.34. The molecule has 1 heterocycles. The maximum Gasteiger partial charge on any atom is 0.259 e. The number of aromatic nitrogens is 2. The summed E-state index contributed by atoms with van der Waals surface area (Å²) in [7, 11) is 0. The van der Waals surface area contributed by atoms with Crippen LogP contribution < -0.4 is 5.32 Å². The molecule has 0 saturated heterocycles. The highest BCUT2D eigenvalue weighted by molar-refractivity contribution is 9.10. The van der Waals surface area contributed by atoms with Crippen molar-refractivity contribution < 1.29 is 4.79 Å². The number of carbonyl (C=O) groups is 1. The number of amides is 1. The average molecular weight is 405 g/mol. The van der Waals surface area contributed by atoms with Crippen molar-refractivity contribution in [1.29, 1.82) is 0 Å². The SMILES string of the molecule is Cc1cc(Cl)ccc1NC(=O)c1cnn(-c2ccc(Br)cc2)c1C. The minimum absolute atomic E-state index is 0.193. The fraction of sp³-hybridized carbons (Fsp3) is 0.111. The number of carbonyl (C=O) groups excluding carboxylic acids is 1. The molecule has 1 aromatic heterocycles. The zero-order valence-corrected chi connectivity index (χ0v) is 15.5. The number of nitrogens with one attached hydrogen (secondary N) is 1. The van der Waals surface area contributed by atoms with Gasteiger partial charge in [0.1, 0.15) is 0 Å². The van der Waals surface area contributed by atoms with Crippen LogP contribution in [0.5, 0.6) is 0 Å². The Morgan fingerprint density at radius 1 is 1.17 bits per heavy atom. The topological polar surface area (TPSA) is 46.9 Å². The largest absolute Gasteiger partial charge is 0.322 e. The van der Waals surface area contributed by atoms with Crippen LogP contribution in [0.1, 0.15) is 21.6 Å². The van der Waals surface area contributed by atoms with Crippen molar-refractivity contribution in [2.75, 3.05) is 5.32 Å². The van der Waals surface area contributed by atoms with Crippen LogP contribution in [0.4, 0.5) is 5.69 Å². The van der Waals surface area contributed by atoms with E-state index in [2.05, 4.69) is 26.3 Å². The van der Waals surface area contributed by atoms with E-state index in [1.54, 1.807) is 23.0 Å². The molecule has 0 bridgehead atoms. The molecule has 24 heavy (non-hydrogen) atoms. The summed E-state index contributed by atoms with van der Waals surface area (Å²) < 4.78 is 2.74. The Labute approximate surface area is 153 Å². The van der Waals surface area contributed by atoms with E-state index in [-0.39, 0.29) is 5.91 Å². The van der Waals surface area contributed by atoms with Crippen LogP contribution in [-0.4, -0.2) is 15.7 Å². The second-order valence-electron chi connectivity index (χ2n) is 5.45. The van der Waals surface area contributed by atoms with Crippen molar-refractivity contribution >= 4 is 39.1 Å². The first kappa shape index (κ1) is 16.7. The average Bonchev–Trinajstić information content (AvgIpc) is 2.92. The molecule has 0 spiro atoms. The smallest absolute Gasteiger partial charge is 0.259 e. The highest BCUT2D eigenvalue weighted by Crippen LogP contribution is 2.22. The van der Waals surface area contributed by atoms with E-state index in [1.807, 2.05) is 44.2 Å². The molecule has 0 fully saturated rings. The summed E-state index contributed by atoms with van der Waals surface area (Å²) in [5.41, 5.74) is 3.86. The predicted octanol–water partition coefficient (Wildman–Crippen LogP) is 5.16. The monoisotopic (exact) mass is 403 g/mol. The minimum Gasteiger partial charge on any atom is -0.322 e. The quantitative estimate of drug-likeness (QED) is 0.655. The van der Waals surface area contributed by atoms with Gasteiger partial charge >= 0.3 is 0 Å². The molecule has 4 nitrogen and oxygen atoms in total. The Bertz CT molecular complexity index is 903. The summed E-state index contributed by atoms with van der Waals surface area (Å²) in [4.78, 5) is 12.6. The van der Waals surface area contributed by atoms with E-state index in [9.17, 15) is 4.79 Å². The molecule has 122 valence electrons. The summed E-state index contributed by atoms with van der Waals surface area (Å²) in [5, 5.41) is 7.89. The fourth-order valence-corrected chi connectivity index (χ4v) is 2.92. The summed E-state index contributed by atoms with van der Waals surface area (Å²) in [6, 6.07) is 13.1. The van der Waals surface area contributed by atoms with Crippen molar-refractivity contribution in [2.45, 2.75) is 13.8 Å². The van der Waals surface area contributed by atoms with Gasteiger partial charge in [-0.15, -0.1) is 0 Å². The Balaban J connectivity index is 1.87. The molecule has 0 aliphatic carbocycles. The molecule has 0 atom stereocenters. The van der Waals surface area contributed by atoms with Crippen LogP contribution in [0.15, 0.2) is 53.1 Å². The van der Waals surface area contributed by atoms with Gasteiger partial charge in [0.25, 0.3) is 5.91 Å². The molecule has 0 aliphatic rings. The van der Waals surface area contributed by atoms with Crippen LogP contribution >= 0.6 is 27.5 Å². The number of hydrogen-bond donors (Lipinski definition) is 1.